The summed E-state index contributed by atoms with van der Waals surface area (Å²) >= 11 is -0.338. The van der Waals surface area contributed by atoms with Gasteiger partial charge in [-0.25, -0.2) is 4.79 Å². The molecule has 2 nitrogen and oxygen atoms in total. The molecule has 1 rings (SSSR count). The Labute approximate surface area is 100 Å². The zero-order valence-electron chi connectivity index (χ0n) is 8.66. The number of benzene rings is 1. The minimum Gasteiger partial charge on any atom is -0.458 e. The summed E-state index contributed by atoms with van der Waals surface area (Å²) < 4.78 is 41.4. The Hall–Kier alpha value is -1.43. The number of carbonyl (C=O) groups excluding carboxylic acids is 1. The fourth-order valence-corrected chi connectivity index (χ4v) is 1.72. The molecule has 0 radical (unpaired) electrons. The van der Waals surface area contributed by atoms with Gasteiger partial charge in [-0.05, 0) is 23.9 Å². The van der Waals surface area contributed by atoms with E-state index in [2.05, 4.69) is 6.58 Å². The van der Waals surface area contributed by atoms with Gasteiger partial charge in [-0.15, -0.1) is 0 Å². The minimum absolute atomic E-state index is 0.0378. The molecule has 92 valence electrons. The van der Waals surface area contributed by atoms with Crippen molar-refractivity contribution in [2.24, 2.45) is 0 Å². The molecule has 0 N–H and O–H groups in total. The van der Waals surface area contributed by atoms with Gasteiger partial charge in [-0.2, -0.15) is 13.2 Å². The van der Waals surface area contributed by atoms with Gasteiger partial charge in [-0.1, -0.05) is 24.8 Å². The van der Waals surface area contributed by atoms with E-state index in [1.165, 1.54) is 30.3 Å². The molecule has 1 aromatic carbocycles. The Kier molecular flexibility index (Phi) is 4.62. The summed E-state index contributed by atoms with van der Waals surface area (Å²) in [6, 6.07) is 5.42. The SMILES string of the molecule is C=CCOC(=O)c1ccccc1SC(F)(F)F. The van der Waals surface area contributed by atoms with Crippen molar-refractivity contribution in [2.75, 3.05) is 6.61 Å². The second-order valence-corrected chi connectivity index (χ2v) is 4.04. The van der Waals surface area contributed by atoms with Crippen molar-refractivity contribution in [3.05, 3.63) is 42.5 Å². The lowest BCUT2D eigenvalue weighted by Gasteiger charge is -2.09. The molecule has 0 amide bonds. The molecule has 0 unspecified atom stereocenters. The number of thioether (sulfide) groups is 1. The molecule has 0 saturated heterocycles. The van der Waals surface area contributed by atoms with Crippen molar-refractivity contribution in [1.29, 1.82) is 0 Å². The first-order valence-electron chi connectivity index (χ1n) is 4.57. The van der Waals surface area contributed by atoms with Crippen molar-refractivity contribution in [3.63, 3.8) is 0 Å². The van der Waals surface area contributed by atoms with E-state index in [9.17, 15) is 18.0 Å². The second kappa shape index (κ2) is 5.77. The van der Waals surface area contributed by atoms with E-state index < -0.39 is 11.5 Å². The number of esters is 1. The fraction of sp³-hybridized carbons (Fsp3) is 0.182. The van der Waals surface area contributed by atoms with Gasteiger partial charge in [0.05, 0.1) is 5.56 Å². The molecule has 0 atom stereocenters. The summed E-state index contributed by atoms with van der Waals surface area (Å²) in [7, 11) is 0. The van der Waals surface area contributed by atoms with Crippen LogP contribution in [0, 0.1) is 0 Å². The molecule has 0 heterocycles. The van der Waals surface area contributed by atoms with Crippen LogP contribution < -0.4 is 0 Å². The van der Waals surface area contributed by atoms with E-state index in [1.54, 1.807) is 0 Å². The van der Waals surface area contributed by atoms with Gasteiger partial charge in [0.15, 0.2) is 0 Å². The molecule has 0 saturated carbocycles. The first-order valence-corrected chi connectivity index (χ1v) is 5.38. The first-order chi connectivity index (χ1) is 7.94. The topological polar surface area (TPSA) is 26.3 Å². The molecular formula is C11H9F3O2S. The van der Waals surface area contributed by atoms with E-state index in [4.69, 9.17) is 4.74 Å². The first kappa shape index (κ1) is 13.6. The van der Waals surface area contributed by atoms with Crippen LogP contribution in [0.15, 0.2) is 41.8 Å². The molecule has 0 aliphatic heterocycles. The molecule has 0 aliphatic rings. The van der Waals surface area contributed by atoms with Crippen molar-refractivity contribution < 1.29 is 22.7 Å². The van der Waals surface area contributed by atoms with Crippen LogP contribution in [0.4, 0.5) is 13.2 Å². The lowest BCUT2D eigenvalue weighted by Crippen LogP contribution is -2.08. The van der Waals surface area contributed by atoms with Gasteiger partial charge in [0.1, 0.15) is 6.61 Å². The Balaban J connectivity index is 2.91. The molecule has 17 heavy (non-hydrogen) atoms. The molecule has 1 aromatic rings. The van der Waals surface area contributed by atoms with E-state index >= 15 is 0 Å². The lowest BCUT2D eigenvalue weighted by molar-refractivity contribution is -0.0328. The van der Waals surface area contributed by atoms with E-state index in [1.807, 2.05) is 0 Å². The number of ether oxygens (including phenoxy) is 1. The highest BCUT2D eigenvalue weighted by Gasteiger charge is 2.31. The largest absolute Gasteiger partial charge is 0.458 e. The molecule has 0 bridgehead atoms. The monoisotopic (exact) mass is 262 g/mol. The third-order valence-corrected chi connectivity index (χ3v) is 2.47. The maximum absolute atomic E-state index is 12.2. The Morgan fingerprint density at radius 2 is 2.06 bits per heavy atom. The zero-order valence-corrected chi connectivity index (χ0v) is 9.48. The maximum atomic E-state index is 12.2. The maximum Gasteiger partial charge on any atom is 0.446 e. The number of rotatable bonds is 4. The number of halogens is 3. The smallest absolute Gasteiger partial charge is 0.446 e. The third-order valence-electron chi connectivity index (χ3n) is 1.66. The molecule has 0 aliphatic carbocycles. The average molecular weight is 262 g/mol. The highest BCUT2D eigenvalue weighted by molar-refractivity contribution is 8.00. The van der Waals surface area contributed by atoms with Gasteiger partial charge >= 0.3 is 11.5 Å². The fourth-order valence-electron chi connectivity index (χ4n) is 1.06. The lowest BCUT2D eigenvalue weighted by atomic mass is 10.2. The number of hydrogen-bond acceptors (Lipinski definition) is 3. The summed E-state index contributed by atoms with van der Waals surface area (Å²) in [6.45, 7) is 3.31. The van der Waals surface area contributed by atoms with Crippen LogP contribution in [0.25, 0.3) is 0 Å². The predicted octanol–water partition coefficient (Wildman–Crippen LogP) is 3.64. The summed E-state index contributed by atoms with van der Waals surface area (Å²) in [5.74, 6) is -0.794. The second-order valence-electron chi connectivity index (χ2n) is 2.93. The molecule has 0 spiro atoms. The van der Waals surface area contributed by atoms with Crippen LogP contribution in [-0.2, 0) is 4.74 Å². The zero-order chi connectivity index (χ0) is 12.9. The van der Waals surface area contributed by atoms with Gasteiger partial charge < -0.3 is 4.74 Å². The van der Waals surface area contributed by atoms with E-state index in [0.29, 0.717) is 0 Å². The van der Waals surface area contributed by atoms with Crippen LogP contribution in [0.3, 0.4) is 0 Å². The summed E-state index contributed by atoms with van der Waals surface area (Å²) in [5.41, 5.74) is -4.54. The Morgan fingerprint density at radius 1 is 1.41 bits per heavy atom. The van der Waals surface area contributed by atoms with Crippen molar-refractivity contribution in [3.8, 4) is 0 Å². The van der Waals surface area contributed by atoms with E-state index in [-0.39, 0.29) is 28.8 Å². The molecule has 6 heteroatoms. The molecule has 0 aromatic heterocycles. The Morgan fingerprint density at radius 3 is 2.65 bits per heavy atom. The van der Waals surface area contributed by atoms with Crippen molar-refractivity contribution in [2.45, 2.75) is 10.4 Å². The summed E-state index contributed by atoms with van der Waals surface area (Å²) in [5, 5.41) is 0. The van der Waals surface area contributed by atoms with Crippen LogP contribution >= 0.6 is 11.8 Å². The Bertz CT molecular complexity index is 415. The highest BCUT2D eigenvalue weighted by atomic mass is 32.2. The van der Waals surface area contributed by atoms with E-state index in [0.717, 1.165) is 0 Å². The number of carbonyl (C=O) groups is 1. The normalized spacial score (nSPS) is 11.0. The predicted molar refractivity (Wildman–Crippen MR) is 58.8 cm³/mol. The van der Waals surface area contributed by atoms with Gasteiger partial charge in [0.2, 0.25) is 0 Å². The van der Waals surface area contributed by atoms with Gasteiger partial charge in [0.25, 0.3) is 0 Å². The third kappa shape index (κ3) is 4.52. The summed E-state index contributed by atoms with van der Waals surface area (Å²) in [6.07, 6.45) is 1.34. The van der Waals surface area contributed by atoms with Crippen molar-refractivity contribution in [1.82, 2.24) is 0 Å². The van der Waals surface area contributed by atoms with Crippen LogP contribution in [0.1, 0.15) is 10.4 Å². The van der Waals surface area contributed by atoms with Crippen LogP contribution in [-0.4, -0.2) is 18.1 Å². The quantitative estimate of drug-likeness (QED) is 0.471. The molecule has 0 fully saturated rings. The van der Waals surface area contributed by atoms with Crippen molar-refractivity contribution >= 4 is 17.7 Å². The standard InChI is InChI=1S/C11H9F3O2S/c1-2-7-16-10(15)8-5-3-4-6-9(8)17-11(12,13)14/h2-6H,1,7H2. The average Bonchev–Trinajstić information content (AvgIpc) is 2.24. The van der Waals surface area contributed by atoms with Gasteiger partial charge in [-0.3, -0.25) is 0 Å². The number of hydrogen-bond donors (Lipinski definition) is 0. The highest BCUT2D eigenvalue weighted by Crippen LogP contribution is 2.38. The summed E-state index contributed by atoms with van der Waals surface area (Å²) in [4.78, 5) is 11.3. The van der Waals surface area contributed by atoms with Crippen LogP contribution in [0.2, 0.25) is 0 Å². The number of alkyl halides is 3. The minimum atomic E-state index is -4.44. The molecular weight excluding hydrogens is 253 g/mol. The van der Waals surface area contributed by atoms with Gasteiger partial charge in [0, 0.05) is 4.90 Å². The van der Waals surface area contributed by atoms with Crippen LogP contribution in [0.5, 0.6) is 0 Å².